The van der Waals surface area contributed by atoms with E-state index in [1.807, 2.05) is 6.92 Å². The standard InChI is InChI=1S/C14H24ClN3O/c1-4-6-7-8-11(3)16-13-9-12(15)17-14(18-13)10-19-5-2/h9,11H,4-8,10H2,1-3H3,(H,16,17,18). The lowest BCUT2D eigenvalue weighted by Crippen LogP contribution is -2.16. The first-order chi connectivity index (χ1) is 9.15. The Hall–Kier alpha value is -0.870. The zero-order chi connectivity index (χ0) is 14.1. The van der Waals surface area contributed by atoms with Crippen LogP contribution in [0.3, 0.4) is 0 Å². The monoisotopic (exact) mass is 285 g/mol. The molecule has 1 atom stereocenters. The van der Waals surface area contributed by atoms with Gasteiger partial charge in [-0.05, 0) is 20.3 Å². The summed E-state index contributed by atoms with van der Waals surface area (Å²) in [6, 6.07) is 2.14. The van der Waals surface area contributed by atoms with Crippen LogP contribution in [0.4, 0.5) is 5.82 Å². The number of aromatic nitrogens is 2. The zero-order valence-corrected chi connectivity index (χ0v) is 12.8. The van der Waals surface area contributed by atoms with Crippen LogP contribution in [-0.2, 0) is 11.3 Å². The molecule has 5 heteroatoms. The Morgan fingerprint density at radius 1 is 1.32 bits per heavy atom. The summed E-state index contributed by atoms with van der Waals surface area (Å²) in [4.78, 5) is 8.55. The highest BCUT2D eigenvalue weighted by Gasteiger charge is 2.07. The number of hydrogen-bond donors (Lipinski definition) is 1. The highest BCUT2D eigenvalue weighted by atomic mass is 35.5. The van der Waals surface area contributed by atoms with E-state index in [1.165, 1.54) is 19.3 Å². The van der Waals surface area contributed by atoms with E-state index in [9.17, 15) is 0 Å². The minimum absolute atomic E-state index is 0.387. The molecule has 0 saturated heterocycles. The molecule has 1 aromatic heterocycles. The molecule has 1 heterocycles. The van der Waals surface area contributed by atoms with Gasteiger partial charge in [-0.25, -0.2) is 9.97 Å². The number of ether oxygens (including phenoxy) is 1. The summed E-state index contributed by atoms with van der Waals surface area (Å²) in [5.74, 6) is 1.40. The number of unbranched alkanes of at least 4 members (excludes halogenated alkanes) is 2. The second kappa shape index (κ2) is 9.10. The van der Waals surface area contributed by atoms with E-state index in [4.69, 9.17) is 16.3 Å². The van der Waals surface area contributed by atoms with E-state index in [0.29, 0.717) is 30.2 Å². The summed E-state index contributed by atoms with van der Waals surface area (Å²) in [7, 11) is 0. The lowest BCUT2D eigenvalue weighted by atomic mass is 10.1. The second-order valence-electron chi connectivity index (χ2n) is 4.67. The van der Waals surface area contributed by atoms with Crippen molar-refractivity contribution in [1.82, 2.24) is 9.97 Å². The molecule has 0 saturated carbocycles. The van der Waals surface area contributed by atoms with Crippen LogP contribution < -0.4 is 5.32 Å². The minimum atomic E-state index is 0.387. The fourth-order valence-electron chi connectivity index (χ4n) is 1.82. The number of nitrogens with one attached hydrogen (secondary N) is 1. The Bertz CT molecular complexity index is 374. The third-order valence-corrected chi connectivity index (χ3v) is 3.01. The molecule has 108 valence electrons. The molecule has 0 spiro atoms. The van der Waals surface area contributed by atoms with Gasteiger partial charge in [0.1, 0.15) is 17.6 Å². The Kier molecular flexibility index (Phi) is 7.75. The van der Waals surface area contributed by atoms with Crippen molar-refractivity contribution in [3.63, 3.8) is 0 Å². The highest BCUT2D eigenvalue weighted by molar-refractivity contribution is 6.29. The molecule has 1 aromatic rings. The number of halogens is 1. The minimum Gasteiger partial charge on any atom is -0.374 e. The fraction of sp³-hybridized carbons (Fsp3) is 0.714. The van der Waals surface area contributed by atoms with E-state index in [-0.39, 0.29) is 0 Å². The first-order valence-corrected chi connectivity index (χ1v) is 7.41. The normalized spacial score (nSPS) is 12.4. The molecule has 1 rings (SSSR count). The number of hydrogen-bond acceptors (Lipinski definition) is 4. The van der Waals surface area contributed by atoms with Gasteiger partial charge in [-0.15, -0.1) is 0 Å². The van der Waals surface area contributed by atoms with Gasteiger partial charge in [-0.1, -0.05) is 37.8 Å². The topological polar surface area (TPSA) is 47.0 Å². The Morgan fingerprint density at radius 2 is 2.11 bits per heavy atom. The maximum atomic E-state index is 5.99. The van der Waals surface area contributed by atoms with Crippen LogP contribution in [0.5, 0.6) is 0 Å². The van der Waals surface area contributed by atoms with Gasteiger partial charge in [0.25, 0.3) is 0 Å². The third kappa shape index (κ3) is 6.73. The average Bonchev–Trinajstić information content (AvgIpc) is 2.36. The van der Waals surface area contributed by atoms with E-state index in [1.54, 1.807) is 6.07 Å². The largest absolute Gasteiger partial charge is 0.374 e. The number of anilines is 1. The number of rotatable bonds is 9. The SMILES string of the molecule is CCCCCC(C)Nc1cc(Cl)nc(COCC)n1. The van der Waals surface area contributed by atoms with Crippen molar-refractivity contribution in [2.45, 2.75) is 59.1 Å². The molecule has 1 unspecified atom stereocenters. The smallest absolute Gasteiger partial charge is 0.158 e. The quantitative estimate of drug-likeness (QED) is 0.549. The first-order valence-electron chi connectivity index (χ1n) is 7.03. The van der Waals surface area contributed by atoms with Crippen LogP contribution >= 0.6 is 11.6 Å². The molecule has 0 aliphatic carbocycles. The van der Waals surface area contributed by atoms with E-state index in [2.05, 4.69) is 29.1 Å². The molecular formula is C14H24ClN3O. The number of nitrogens with zero attached hydrogens (tertiary/aromatic N) is 2. The van der Waals surface area contributed by atoms with Crippen LogP contribution in [0.15, 0.2) is 6.07 Å². The summed E-state index contributed by atoms with van der Waals surface area (Å²) < 4.78 is 5.30. The fourth-order valence-corrected chi connectivity index (χ4v) is 2.02. The zero-order valence-electron chi connectivity index (χ0n) is 12.1. The Labute approximate surface area is 120 Å². The molecule has 0 radical (unpaired) electrons. The van der Waals surface area contributed by atoms with Crippen molar-refractivity contribution in [3.05, 3.63) is 17.0 Å². The van der Waals surface area contributed by atoms with E-state index < -0.39 is 0 Å². The molecule has 1 N–H and O–H groups in total. The molecule has 0 amide bonds. The summed E-state index contributed by atoms with van der Waals surface area (Å²) in [5.41, 5.74) is 0. The van der Waals surface area contributed by atoms with Crippen LogP contribution in [0.2, 0.25) is 5.15 Å². The maximum Gasteiger partial charge on any atom is 0.158 e. The van der Waals surface area contributed by atoms with Crippen molar-refractivity contribution < 1.29 is 4.74 Å². The van der Waals surface area contributed by atoms with Gasteiger partial charge < -0.3 is 10.1 Å². The second-order valence-corrected chi connectivity index (χ2v) is 5.06. The van der Waals surface area contributed by atoms with Crippen LogP contribution in [0.25, 0.3) is 0 Å². The van der Waals surface area contributed by atoms with E-state index >= 15 is 0 Å². The van der Waals surface area contributed by atoms with Gasteiger partial charge in [-0.2, -0.15) is 0 Å². The van der Waals surface area contributed by atoms with Crippen LogP contribution in [-0.4, -0.2) is 22.6 Å². The summed E-state index contributed by atoms with van der Waals surface area (Å²) in [5, 5.41) is 3.82. The molecule has 0 aliphatic heterocycles. The lowest BCUT2D eigenvalue weighted by Gasteiger charge is -2.15. The molecular weight excluding hydrogens is 262 g/mol. The van der Waals surface area contributed by atoms with Gasteiger partial charge in [0.05, 0.1) is 0 Å². The third-order valence-electron chi connectivity index (χ3n) is 2.81. The summed E-state index contributed by atoms with van der Waals surface area (Å²) in [6.45, 7) is 7.36. The van der Waals surface area contributed by atoms with Crippen LogP contribution in [0.1, 0.15) is 52.3 Å². The first kappa shape index (κ1) is 16.2. The van der Waals surface area contributed by atoms with Crippen molar-refractivity contribution in [3.8, 4) is 0 Å². The van der Waals surface area contributed by atoms with Crippen LogP contribution in [0, 0.1) is 0 Å². The Morgan fingerprint density at radius 3 is 2.79 bits per heavy atom. The molecule has 0 bridgehead atoms. The van der Waals surface area contributed by atoms with Crippen molar-refractivity contribution in [2.24, 2.45) is 0 Å². The molecule has 0 aromatic carbocycles. The molecule has 0 aliphatic rings. The van der Waals surface area contributed by atoms with E-state index in [0.717, 1.165) is 12.2 Å². The highest BCUT2D eigenvalue weighted by Crippen LogP contribution is 2.15. The Balaban J connectivity index is 2.54. The van der Waals surface area contributed by atoms with Crippen molar-refractivity contribution >= 4 is 17.4 Å². The molecule has 4 nitrogen and oxygen atoms in total. The predicted molar refractivity (Wildman–Crippen MR) is 79.6 cm³/mol. The van der Waals surface area contributed by atoms with Gasteiger partial charge in [0.15, 0.2) is 5.82 Å². The maximum absolute atomic E-state index is 5.99. The lowest BCUT2D eigenvalue weighted by molar-refractivity contribution is 0.128. The van der Waals surface area contributed by atoms with Gasteiger partial charge in [0.2, 0.25) is 0 Å². The van der Waals surface area contributed by atoms with Crippen molar-refractivity contribution in [2.75, 3.05) is 11.9 Å². The van der Waals surface area contributed by atoms with Gasteiger partial charge in [-0.3, -0.25) is 0 Å². The summed E-state index contributed by atoms with van der Waals surface area (Å²) >= 11 is 5.99. The average molecular weight is 286 g/mol. The predicted octanol–water partition coefficient (Wildman–Crippen LogP) is 4.05. The molecule has 0 fully saturated rings. The summed E-state index contributed by atoms with van der Waals surface area (Å²) in [6.07, 6.45) is 4.88. The van der Waals surface area contributed by atoms with Gasteiger partial charge >= 0.3 is 0 Å². The molecule has 19 heavy (non-hydrogen) atoms. The van der Waals surface area contributed by atoms with Gasteiger partial charge in [0, 0.05) is 18.7 Å². The van der Waals surface area contributed by atoms with Crippen molar-refractivity contribution in [1.29, 1.82) is 0 Å².